The highest BCUT2D eigenvalue weighted by atomic mass is 16.2. The van der Waals surface area contributed by atoms with Gasteiger partial charge in [-0.25, -0.2) is 9.79 Å². The molecule has 6 nitrogen and oxygen atoms in total. The Morgan fingerprint density at radius 1 is 1.37 bits per heavy atom. The van der Waals surface area contributed by atoms with Gasteiger partial charge in [-0.15, -0.1) is 0 Å². The van der Waals surface area contributed by atoms with Gasteiger partial charge in [0.25, 0.3) is 0 Å². The molecule has 0 fully saturated rings. The minimum absolute atomic E-state index is 0.225. The molecule has 6 heteroatoms. The van der Waals surface area contributed by atoms with E-state index < -0.39 is 12.1 Å². The zero-order valence-electron chi connectivity index (χ0n) is 10.8. The van der Waals surface area contributed by atoms with E-state index in [2.05, 4.69) is 22.3 Å². The van der Waals surface area contributed by atoms with Gasteiger partial charge >= 0.3 is 6.03 Å². The molecule has 1 aromatic carbocycles. The number of nitrogens with two attached hydrogens (primary N) is 1. The van der Waals surface area contributed by atoms with E-state index in [1.165, 1.54) is 0 Å². The molecule has 0 spiro atoms. The van der Waals surface area contributed by atoms with E-state index in [1.54, 1.807) is 19.1 Å². The predicted molar refractivity (Wildman–Crippen MR) is 75.4 cm³/mol. The molecule has 1 atom stereocenters. The van der Waals surface area contributed by atoms with Gasteiger partial charge < -0.3 is 16.4 Å². The smallest absolute Gasteiger partial charge is 0.336 e. The van der Waals surface area contributed by atoms with E-state index in [4.69, 9.17) is 5.73 Å². The van der Waals surface area contributed by atoms with Crippen molar-refractivity contribution in [3.63, 3.8) is 0 Å². The molecule has 0 radical (unpaired) electrons. The lowest BCUT2D eigenvalue weighted by atomic mass is 10.1. The number of nitrogens with zero attached hydrogens (tertiary/aromatic N) is 1. The molecule has 0 unspecified atom stereocenters. The molecule has 3 amide bonds. The molecule has 0 aliphatic rings. The fourth-order valence-electron chi connectivity index (χ4n) is 1.38. The summed E-state index contributed by atoms with van der Waals surface area (Å²) in [4.78, 5) is 25.4. The summed E-state index contributed by atoms with van der Waals surface area (Å²) in [5.41, 5.74) is 7.20. The van der Waals surface area contributed by atoms with Gasteiger partial charge in [0.15, 0.2) is 0 Å². The Morgan fingerprint density at radius 3 is 2.53 bits per heavy atom. The number of nitrogens with one attached hydrogen (secondary N) is 2. The van der Waals surface area contributed by atoms with Crippen molar-refractivity contribution in [2.24, 2.45) is 10.7 Å². The molecule has 0 bridgehead atoms. The van der Waals surface area contributed by atoms with Gasteiger partial charge in [0.1, 0.15) is 0 Å². The Morgan fingerprint density at radius 2 is 2.00 bits per heavy atom. The van der Waals surface area contributed by atoms with Crippen molar-refractivity contribution < 1.29 is 9.59 Å². The Kier molecular flexibility index (Phi) is 5.69. The van der Waals surface area contributed by atoms with Crippen molar-refractivity contribution in [3.8, 4) is 0 Å². The molecule has 0 saturated heterocycles. The minimum Gasteiger partial charge on any atom is -0.336 e. The molecule has 1 rings (SSSR count). The highest BCUT2D eigenvalue weighted by molar-refractivity contribution is 5.94. The monoisotopic (exact) mass is 262 g/mol. The van der Waals surface area contributed by atoms with Crippen LogP contribution in [-0.4, -0.2) is 31.2 Å². The van der Waals surface area contributed by atoms with Crippen LogP contribution >= 0.6 is 0 Å². The molecule has 0 saturated carbocycles. The summed E-state index contributed by atoms with van der Waals surface area (Å²) in [5, 5.41) is 5.28. The second-order valence-corrected chi connectivity index (χ2v) is 4.11. The van der Waals surface area contributed by atoms with Crippen LogP contribution in [0.25, 0.3) is 0 Å². The second kappa shape index (κ2) is 7.27. The van der Waals surface area contributed by atoms with E-state index in [9.17, 15) is 9.59 Å². The van der Waals surface area contributed by atoms with Crippen LogP contribution in [0.2, 0.25) is 0 Å². The molecule has 19 heavy (non-hydrogen) atoms. The third-order valence-electron chi connectivity index (χ3n) is 2.47. The largest absolute Gasteiger partial charge is 0.340 e. The first-order chi connectivity index (χ1) is 9.02. The molecular weight excluding hydrogens is 244 g/mol. The van der Waals surface area contributed by atoms with Gasteiger partial charge in [-0.3, -0.25) is 4.79 Å². The molecule has 4 N–H and O–H groups in total. The number of anilines is 1. The first kappa shape index (κ1) is 14.8. The van der Waals surface area contributed by atoms with Crippen LogP contribution in [0.5, 0.6) is 0 Å². The van der Waals surface area contributed by atoms with Crippen molar-refractivity contribution in [2.45, 2.75) is 19.4 Å². The summed E-state index contributed by atoms with van der Waals surface area (Å²) in [6.07, 6.45) is 0.683. The zero-order chi connectivity index (χ0) is 14.3. The molecule has 0 aliphatic carbocycles. The molecule has 0 aromatic heterocycles. The van der Waals surface area contributed by atoms with Crippen LogP contribution in [0.3, 0.4) is 0 Å². The zero-order valence-corrected chi connectivity index (χ0v) is 10.8. The van der Waals surface area contributed by atoms with Crippen molar-refractivity contribution in [3.05, 3.63) is 29.8 Å². The number of hydrogen-bond acceptors (Lipinski definition) is 3. The van der Waals surface area contributed by atoms with E-state index in [0.29, 0.717) is 18.7 Å². The lowest BCUT2D eigenvalue weighted by molar-refractivity contribution is -0.117. The van der Waals surface area contributed by atoms with Gasteiger partial charge in [0, 0.05) is 12.2 Å². The average molecular weight is 262 g/mol. The first-order valence-corrected chi connectivity index (χ1v) is 5.93. The number of aliphatic imine (C=N–C) groups is 1. The van der Waals surface area contributed by atoms with Gasteiger partial charge in [-0.1, -0.05) is 12.1 Å². The van der Waals surface area contributed by atoms with E-state index in [1.807, 2.05) is 12.1 Å². The summed E-state index contributed by atoms with van der Waals surface area (Å²) in [6, 6.07) is 6.38. The van der Waals surface area contributed by atoms with Crippen LogP contribution in [-0.2, 0) is 11.2 Å². The highest BCUT2D eigenvalue weighted by Gasteiger charge is 2.06. The van der Waals surface area contributed by atoms with Crippen LogP contribution in [0.4, 0.5) is 10.5 Å². The van der Waals surface area contributed by atoms with Crippen molar-refractivity contribution in [1.29, 1.82) is 0 Å². The van der Waals surface area contributed by atoms with Crippen molar-refractivity contribution >= 4 is 24.3 Å². The fourth-order valence-corrected chi connectivity index (χ4v) is 1.38. The number of amides is 3. The number of rotatable bonds is 5. The number of carbonyl (C=O) groups excluding carboxylic acids is 2. The second-order valence-electron chi connectivity index (χ2n) is 4.11. The number of benzene rings is 1. The van der Waals surface area contributed by atoms with Crippen molar-refractivity contribution in [2.75, 3.05) is 11.9 Å². The maximum Gasteiger partial charge on any atom is 0.340 e. The Bertz CT molecular complexity index is 454. The molecule has 1 aromatic rings. The summed E-state index contributed by atoms with van der Waals surface area (Å²) in [5.74, 6) is -0.225. The SMILES string of the molecule is C=NC(=O)NCCc1ccc(NC(=O)[C@H](C)N)cc1. The summed E-state index contributed by atoms with van der Waals surface area (Å²) in [7, 11) is 0. The van der Waals surface area contributed by atoms with Gasteiger partial charge in [-0.2, -0.15) is 0 Å². The number of urea groups is 1. The first-order valence-electron chi connectivity index (χ1n) is 5.93. The number of carbonyl (C=O) groups is 2. The van der Waals surface area contributed by atoms with Gasteiger partial charge in [-0.05, 0) is 37.8 Å². The number of hydrogen-bond donors (Lipinski definition) is 3. The van der Waals surface area contributed by atoms with Crippen LogP contribution in [0.1, 0.15) is 12.5 Å². The Labute approximate surface area is 112 Å². The lowest BCUT2D eigenvalue weighted by Crippen LogP contribution is -2.32. The summed E-state index contributed by atoms with van der Waals surface area (Å²) < 4.78 is 0. The van der Waals surface area contributed by atoms with E-state index in [-0.39, 0.29) is 5.91 Å². The molecule has 0 aliphatic heterocycles. The average Bonchev–Trinajstić information content (AvgIpc) is 2.40. The molecular formula is C13H18N4O2. The maximum atomic E-state index is 11.4. The summed E-state index contributed by atoms with van der Waals surface area (Å²) >= 11 is 0. The molecule has 102 valence electrons. The van der Waals surface area contributed by atoms with Crippen molar-refractivity contribution in [1.82, 2.24) is 5.32 Å². The Hall–Kier alpha value is -2.21. The Balaban J connectivity index is 2.45. The van der Waals surface area contributed by atoms with E-state index >= 15 is 0 Å². The third-order valence-corrected chi connectivity index (χ3v) is 2.47. The molecule has 0 heterocycles. The normalized spacial score (nSPS) is 11.5. The van der Waals surface area contributed by atoms with E-state index in [0.717, 1.165) is 5.56 Å². The minimum atomic E-state index is -0.540. The van der Waals surface area contributed by atoms with Gasteiger partial charge in [0.05, 0.1) is 6.04 Å². The predicted octanol–water partition coefficient (Wildman–Crippen LogP) is 0.925. The van der Waals surface area contributed by atoms with Crippen LogP contribution < -0.4 is 16.4 Å². The highest BCUT2D eigenvalue weighted by Crippen LogP contribution is 2.10. The lowest BCUT2D eigenvalue weighted by Gasteiger charge is -2.08. The van der Waals surface area contributed by atoms with Crippen LogP contribution in [0, 0.1) is 0 Å². The fraction of sp³-hybridized carbons (Fsp3) is 0.308. The quantitative estimate of drug-likeness (QED) is 0.688. The van der Waals surface area contributed by atoms with Gasteiger partial charge in [0.2, 0.25) is 5.91 Å². The third kappa shape index (κ3) is 5.31. The van der Waals surface area contributed by atoms with Crippen LogP contribution in [0.15, 0.2) is 29.3 Å². The standard InChI is InChI=1S/C13H18N4O2/c1-9(14)12(18)17-11-5-3-10(4-6-11)7-8-16-13(19)15-2/h3-6,9H,2,7-8,14H2,1H3,(H,16,19)(H,17,18)/t9-/m0/s1. The topological polar surface area (TPSA) is 96.6 Å². The summed E-state index contributed by atoms with van der Waals surface area (Å²) in [6.45, 7) is 5.24. The maximum absolute atomic E-state index is 11.4.